The number of ether oxygens (including phenoxy) is 1. The van der Waals surface area contributed by atoms with E-state index >= 15 is 0 Å². The highest BCUT2D eigenvalue weighted by atomic mass is 35.5. The number of para-hydroxylation sites is 1. The van der Waals surface area contributed by atoms with E-state index in [9.17, 15) is 4.79 Å². The van der Waals surface area contributed by atoms with Crippen molar-refractivity contribution >= 4 is 29.1 Å². The first-order valence-corrected chi connectivity index (χ1v) is 10.0. The molecule has 2 aromatic carbocycles. The first-order chi connectivity index (χ1) is 13.1. The number of hydrogen-bond acceptors (Lipinski definition) is 3. The fourth-order valence-electron chi connectivity index (χ4n) is 3.17. The summed E-state index contributed by atoms with van der Waals surface area (Å²) in [6, 6.07) is 13.4. The highest BCUT2D eigenvalue weighted by molar-refractivity contribution is 6.35. The molecule has 1 saturated heterocycles. The fourth-order valence-corrected chi connectivity index (χ4v) is 3.68. The van der Waals surface area contributed by atoms with Gasteiger partial charge in [-0.1, -0.05) is 47.5 Å². The van der Waals surface area contributed by atoms with Crippen molar-refractivity contribution in [2.45, 2.75) is 32.4 Å². The molecule has 0 spiro atoms. The van der Waals surface area contributed by atoms with Crippen LogP contribution in [0.2, 0.25) is 10.0 Å². The molecular weight excluding hydrogens is 383 g/mol. The minimum atomic E-state index is 0.284. The van der Waals surface area contributed by atoms with E-state index in [2.05, 4.69) is 5.32 Å². The predicted octanol–water partition coefficient (Wildman–Crippen LogP) is 4.67. The van der Waals surface area contributed by atoms with E-state index in [1.165, 1.54) is 0 Å². The van der Waals surface area contributed by atoms with Crippen molar-refractivity contribution in [2.24, 2.45) is 0 Å². The van der Waals surface area contributed by atoms with Gasteiger partial charge in [0, 0.05) is 47.2 Å². The van der Waals surface area contributed by atoms with Gasteiger partial charge in [0.15, 0.2) is 0 Å². The fraction of sp³-hybridized carbons (Fsp3) is 0.381. The minimum Gasteiger partial charge on any atom is -0.488 e. The van der Waals surface area contributed by atoms with Gasteiger partial charge in [0.2, 0.25) is 5.91 Å². The summed E-state index contributed by atoms with van der Waals surface area (Å²) in [6.07, 6.45) is 2.64. The van der Waals surface area contributed by atoms with Crippen molar-refractivity contribution in [3.63, 3.8) is 0 Å². The van der Waals surface area contributed by atoms with Gasteiger partial charge in [-0.3, -0.25) is 4.79 Å². The topological polar surface area (TPSA) is 41.6 Å². The van der Waals surface area contributed by atoms with Crippen LogP contribution in [0.25, 0.3) is 0 Å². The zero-order chi connectivity index (χ0) is 19.1. The van der Waals surface area contributed by atoms with Crippen molar-refractivity contribution in [1.29, 1.82) is 0 Å². The normalized spacial score (nSPS) is 14.0. The molecule has 0 aromatic heterocycles. The molecule has 1 fully saturated rings. The maximum absolute atomic E-state index is 11.6. The molecule has 1 aliphatic heterocycles. The lowest BCUT2D eigenvalue weighted by atomic mass is 10.2. The van der Waals surface area contributed by atoms with E-state index < -0.39 is 0 Å². The summed E-state index contributed by atoms with van der Waals surface area (Å²) in [5, 5.41) is 4.64. The Hall–Kier alpha value is -1.75. The van der Waals surface area contributed by atoms with Gasteiger partial charge in [-0.15, -0.1) is 0 Å². The van der Waals surface area contributed by atoms with E-state index in [4.69, 9.17) is 27.9 Å². The molecule has 1 heterocycles. The quantitative estimate of drug-likeness (QED) is 0.614. The molecule has 0 unspecified atom stereocenters. The van der Waals surface area contributed by atoms with Crippen LogP contribution in [-0.2, 0) is 17.9 Å². The molecular formula is C21H24Cl2N2O2. The van der Waals surface area contributed by atoms with Gasteiger partial charge in [-0.25, -0.2) is 0 Å². The Labute approximate surface area is 170 Å². The van der Waals surface area contributed by atoms with Crippen molar-refractivity contribution in [3.8, 4) is 5.75 Å². The van der Waals surface area contributed by atoms with Gasteiger partial charge < -0.3 is 15.0 Å². The van der Waals surface area contributed by atoms with Gasteiger partial charge in [0.25, 0.3) is 0 Å². The van der Waals surface area contributed by atoms with Crippen LogP contribution < -0.4 is 10.1 Å². The van der Waals surface area contributed by atoms with Crippen LogP contribution in [0.15, 0.2) is 42.5 Å². The summed E-state index contributed by atoms with van der Waals surface area (Å²) in [4.78, 5) is 13.6. The van der Waals surface area contributed by atoms with E-state index in [1.807, 2.05) is 47.4 Å². The van der Waals surface area contributed by atoms with Crippen molar-refractivity contribution in [2.75, 3.05) is 19.6 Å². The number of nitrogens with zero attached hydrogens (tertiary/aromatic N) is 1. The number of carbonyl (C=O) groups is 1. The first kappa shape index (κ1) is 20.0. The smallest absolute Gasteiger partial charge is 0.222 e. The number of likely N-dealkylation sites (tertiary alicyclic amines) is 1. The highest BCUT2D eigenvalue weighted by Gasteiger charge is 2.18. The van der Waals surface area contributed by atoms with Crippen molar-refractivity contribution in [3.05, 3.63) is 63.6 Å². The molecule has 144 valence electrons. The second-order valence-electron chi connectivity index (χ2n) is 6.61. The van der Waals surface area contributed by atoms with Crippen LogP contribution in [0.3, 0.4) is 0 Å². The van der Waals surface area contributed by atoms with Gasteiger partial charge in [-0.05, 0) is 37.6 Å². The Morgan fingerprint density at radius 1 is 1.07 bits per heavy atom. The molecule has 1 amide bonds. The van der Waals surface area contributed by atoms with Crippen molar-refractivity contribution < 1.29 is 9.53 Å². The summed E-state index contributed by atoms with van der Waals surface area (Å²) >= 11 is 12.4. The third-order valence-corrected chi connectivity index (χ3v) is 5.38. The molecule has 2 aromatic rings. The minimum absolute atomic E-state index is 0.284. The van der Waals surface area contributed by atoms with Crippen LogP contribution in [-0.4, -0.2) is 30.4 Å². The lowest BCUT2D eigenvalue weighted by molar-refractivity contribution is -0.127. The third-order valence-electron chi connectivity index (χ3n) is 4.67. The molecule has 6 heteroatoms. The predicted molar refractivity (Wildman–Crippen MR) is 109 cm³/mol. The Morgan fingerprint density at radius 2 is 1.85 bits per heavy atom. The van der Waals surface area contributed by atoms with Crippen LogP contribution in [0.4, 0.5) is 0 Å². The largest absolute Gasteiger partial charge is 0.488 e. The molecule has 1 aliphatic rings. The van der Waals surface area contributed by atoms with Crippen LogP contribution in [0.1, 0.15) is 30.4 Å². The molecule has 27 heavy (non-hydrogen) atoms. The standard InChI is InChI=1S/C21H24Cl2N2O2/c22-18-7-3-8-19(23)17(18)15-27-20-9-2-1-6-16(20)14-24-11-5-13-25-12-4-10-21(25)26/h1-3,6-9,24H,4-5,10-15H2. The van der Waals surface area contributed by atoms with Crippen LogP contribution in [0.5, 0.6) is 5.75 Å². The molecule has 0 saturated carbocycles. The maximum Gasteiger partial charge on any atom is 0.222 e. The van der Waals surface area contributed by atoms with Gasteiger partial charge in [-0.2, -0.15) is 0 Å². The van der Waals surface area contributed by atoms with E-state index in [-0.39, 0.29) is 5.91 Å². The van der Waals surface area contributed by atoms with Gasteiger partial charge >= 0.3 is 0 Å². The van der Waals surface area contributed by atoms with E-state index in [1.54, 1.807) is 0 Å². The molecule has 3 rings (SSSR count). The Balaban J connectivity index is 1.48. The zero-order valence-electron chi connectivity index (χ0n) is 15.2. The monoisotopic (exact) mass is 406 g/mol. The number of halogens is 2. The zero-order valence-corrected chi connectivity index (χ0v) is 16.7. The summed E-state index contributed by atoms with van der Waals surface area (Å²) in [7, 11) is 0. The SMILES string of the molecule is O=C1CCCN1CCCNCc1ccccc1OCc1c(Cl)cccc1Cl. The number of nitrogens with one attached hydrogen (secondary N) is 1. The Kier molecular flexibility index (Phi) is 7.39. The number of benzene rings is 2. The average molecular weight is 407 g/mol. The molecule has 1 N–H and O–H groups in total. The third kappa shape index (κ3) is 5.61. The number of carbonyl (C=O) groups excluding carboxylic acids is 1. The highest BCUT2D eigenvalue weighted by Crippen LogP contribution is 2.27. The maximum atomic E-state index is 11.6. The van der Waals surface area contributed by atoms with E-state index in [0.717, 1.165) is 49.4 Å². The number of amides is 1. The summed E-state index contributed by atoms with van der Waals surface area (Å²) in [5.74, 6) is 1.10. The molecule has 0 aliphatic carbocycles. The van der Waals surface area contributed by atoms with Gasteiger partial charge in [0.1, 0.15) is 12.4 Å². The van der Waals surface area contributed by atoms with Crippen LogP contribution in [0, 0.1) is 0 Å². The second kappa shape index (κ2) is 9.98. The first-order valence-electron chi connectivity index (χ1n) is 9.27. The lowest BCUT2D eigenvalue weighted by Crippen LogP contribution is -2.28. The number of hydrogen-bond donors (Lipinski definition) is 1. The molecule has 0 radical (unpaired) electrons. The van der Waals surface area contributed by atoms with Gasteiger partial charge in [0.05, 0.1) is 0 Å². The lowest BCUT2D eigenvalue weighted by Gasteiger charge is -2.16. The summed E-state index contributed by atoms with van der Waals surface area (Å²) in [5.41, 5.74) is 1.87. The molecule has 0 bridgehead atoms. The summed E-state index contributed by atoms with van der Waals surface area (Å²) < 4.78 is 5.98. The Morgan fingerprint density at radius 3 is 2.59 bits per heavy atom. The Bertz CT molecular complexity index is 762. The van der Waals surface area contributed by atoms with Crippen LogP contribution >= 0.6 is 23.2 Å². The van der Waals surface area contributed by atoms with Crippen molar-refractivity contribution in [1.82, 2.24) is 10.2 Å². The average Bonchev–Trinajstić information content (AvgIpc) is 3.07. The molecule has 0 atom stereocenters. The molecule has 4 nitrogen and oxygen atoms in total. The summed E-state index contributed by atoms with van der Waals surface area (Å²) in [6.45, 7) is 3.62. The number of rotatable bonds is 9. The second-order valence-corrected chi connectivity index (χ2v) is 7.43. The van der Waals surface area contributed by atoms with E-state index in [0.29, 0.717) is 29.6 Å².